The van der Waals surface area contributed by atoms with E-state index in [2.05, 4.69) is 15.3 Å². The number of nitrogens with zero attached hydrogens (tertiary/aromatic N) is 1. The molecule has 0 aliphatic rings. The van der Waals surface area contributed by atoms with Crippen LogP contribution in [-0.2, 0) is 0 Å². The van der Waals surface area contributed by atoms with Gasteiger partial charge in [0.2, 0.25) is 0 Å². The molecule has 0 aliphatic heterocycles. The van der Waals surface area contributed by atoms with Crippen LogP contribution in [0.2, 0.25) is 0 Å². The highest BCUT2D eigenvalue weighted by molar-refractivity contribution is 5.95. The fraction of sp³-hybridized carbons (Fsp3) is 0.105. The summed E-state index contributed by atoms with van der Waals surface area (Å²) in [6.45, 7) is 0.681. The first kappa shape index (κ1) is 17.2. The van der Waals surface area contributed by atoms with Gasteiger partial charge >= 0.3 is 0 Å². The van der Waals surface area contributed by atoms with Gasteiger partial charge in [-0.15, -0.1) is 0 Å². The third-order valence-corrected chi connectivity index (χ3v) is 3.72. The molecule has 2 aromatic carbocycles. The number of nitrogen functional groups attached to an aromatic ring is 1. The number of imidazole rings is 1. The Morgan fingerprint density at radius 2 is 2.00 bits per heavy atom. The zero-order valence-corrected chi connectivity index (χ0v) is 14.0. The molecule has 1 heterocycles. The number of aromatic amines is 1. The van der Waals surface area contributed by atoms with Crippen molar-refractivity contribution in [1.29, 1.82) is 5.41 Å². The third-order valence-electron chi connectivity index (χ3n) is 3.72. The van der Waals surface area contributed by atoms with Gasteiger partial charge in [-0.05, 0) is 24.3 Å². The summed E-state index contributed by atoms with van der Waals surface area (Å²) in [6.07, 6.45) is 3.43. The summed E-state index contributed by atoms with van der Waals surface area (Å²) in [6, 6.07) is 14.2. The lowest BCUT2D eigenvalue weighted by Crippen LogP contribution is -2.28. The topological polar surface area (TPSA) is 117 Å². The van der Waals surface area contributed by atoms with Crippen LogP contribution in [0.3, 0.4) is 0 Å². The number of amides is 1. The Balaban J connectivity index is 1.48. The van der Waals surface area contributed by atoms with Crippen molar-refractivity contribution in [1.82, 2.24) is 15.3 Å². The van der Waals surface area contributed by atoms with E-state index in [0.717, 1.165) is 11.4 Å². The SMILES string of the molecule is N=C(N)c1cccc(OCCNC(=O)c2ccc(-c3ncc[nH]3)cc2)c1. The molecule has 0 saturated carbocycles. The summed E-state index contributed by atoms with van der Waals surface area (Å²) in [7, 11) is 0. The Morgan fingerprint density at radius 3 is 2.69 bits per heavy atom. The van der Waals surface area contributed by atoms with Crippen molar-refractivity contribution < 1.29 is 9.53 Å². The molecule has 7 heteroatoms. The molecule has 7 nitrogen and oxygen atoms in total. The largest absolute Gasteiger partial charge is 0.492 e. The van der Waals surface area contributed by atoms with E-state index in [1.54, 1.807) is 48.8 Å². The van der Waals surface area contributed by atoms with Crippen LogP contribution in [-0.4, -0.2) is 34.9 Å². The summed E-state index contributed by atoms with van der Waals surface area (Å²) in [5.41, 5.74) is 7.53. The van der Waals surface area contributed by atoms with Crippen molar-refractivity contribution in [2.24, 2.45) is 5.73 Å². The maximum Gasteiger partial charge on any atom is 0.251 e. The number of nitrogens with one attached hydrogen (secondary N) is 3. The number of benzene rings is 2. The minimum absolute atomic E-state index is 0.0123. The summed E-state index contributed by atoms with van der Waals surface area (Å²) in [5, 5.41) is 10.2. The van der Waals surface area contributed by atoms with Gasteiger partial charge in [0.15, 0.2) is 0 Å². The Hall–Kier alpha value is -3.61. The van der Waals surface area contributed by atoms with Gasteiger partial charge in [-0.25, -0.2) is 4.98 Å². The van der Waals surface area contributed by atoms with Crippen molar-refractivity contribution in [3.63, 3.8) is 0 Å². The third kappa shape index (κ3) is 4.27. The molecule has 0 fully saturated rings. The Labute approximate surface area is 150 Å². The summed E-state index contributed by atoms with van der Waals surface area (Å²) in [5.74, 6) is 1.19. The Kier molecular flexibility index (Phi) is 5.28. The number of aromatic nitrogens is 2. The molecule has 0 atom stereocenters. The number of amidine groups is 1. The molecule has 0 aliphatic carbocycles. The molecule has 132 valence electrons. The van der Waals surface area contributed by atoms with Gasteiger partial charge in [0.1, 0.15) is 24.0 Å². The lowest BCUT2D eigenvalue weighted by molar-refractivity contribution is 0.0947. The maximum atomic E-state index is 12.2. The van der Waals surface area contributed by atoms with Crippen molar-refractivity contribution >= 4 is 11.7 Å². The zero-order chi connectivity index (χ0) is 18.4. The molecule has 1 amide bonds. The van der Waals surface area contributed by atoms with Crippen molar-refractivity contribution in [3.05, 3.63) is 72.1 Å². The molecule has 0 unspecified atom stereocenters. The summed E-state index contributed by atoms with van der Waals surface area (Å²) >= 11 is 0. The minimum atomic E-state index is -0.169. The van der Waals surface area contributed by atoms with Crippen LogP contribution in [0.1, 0.15) is 15.9 Å². The second-order valence-corrected chi connectivity index (χ2v) is 5.56. The minimum Gasteiger partial charge on any atom is -0.492 e. The lowest BCUT2D eigenvalue weighted by Gasteiger charge is -2.09. The Bertz CT molecular complexity index is 889. The zero-order valence-electron chi connectivity index (χ0n) is 14.0. The first-order valence-electron chi connectivity index (χ1n) is 8.09. The van der Waals surface area contributed by atoms with Crippen LogP contribution in [0.15, 0.2) is 60.9 Å². The second kappa shape index (κ2) is 7.98. The van der Waals surface area contributed by atoms with Gasteiger partial charge in [0.25, 0.3) is 5.91 Å². The second-order valence-electron chi connectivity index (χ2n) is 5.56. The van der Waals surface area contributed by atoms with Crippen LogP contribution in [0.4, 0.5) is 0 Å². The first-order chi connectivity index (χ1) is 12.6. The van der Waals surface area contributed by atoms with Crippen LogP contribution in [0, 0.1) is 5.41 Å². The normalized spacial score (nSPS) is 10.3. The first-order valence-corrected chi connectivity index (χ1v) is 8.09. The monoisotopic (exact) mass is 349 g/mol. The van der Waals surface area contributed by atoms with E-state index < -0.39 is 0 Å². The van der Waals surface area contributed by atoms with Gasteiger partial charge in [0, 0.05) is 29.1 Å². The van der Waals surface area contributed by atoms with Crippen molar-refractivity contribution in [2.75, 3.05) is 13.2 Å². The summed E-state index contributed by atoms with van der Waals surface area (Å²) in [4.78, 5) is 19.4. The average Bonchev–Trinajstić information content (AvgIpc) is 3.20. The van der Waals surface area contributed by atoms with E-state index in [0.29, 0.717) is 30.0 Å². The number of hydrogen-bond donors (Lipinski definition) is 4. The lowest BCUT2D eigenvalue weighted by atomic mass is 10.1. The highest BCUT2D eigenvalue weighted by Crippen LogP contribution is 2.15. The molecule has 5 N–H and O–H groups in total. The van der Waals surface area contributed by atoms with Crippen molar-refractivity contribution in [3.8, 4) is 17.1 Å². The highest BCUT2D eigenvalue weighted by atomic mass is 16.5. The maximum absolute atomic E-state index is 12.2. The van der Waals surface area contributed by atoms with E-state index in [9.17, 15) is 4.79 Å². The number of carbonyl (C=O) groups is 1. The predicted molar refractivity (Wildman–Crippen MR) is 99.3 cm³/mol. The number of hydrogen-bond acceptors (Lipinski definition) is 4. The Morgan fingerprint density at radius 1 is 1.19 bits per heavy atom. The number of H-pyrrole nitrogens is 1. The molecule has 26 heavy (non-hydrogen) atoms. The van der Waals surface area contributed by atoms with Gasteiger partial charge < -0.3 is 20.8 Å². The molecule has 0 radical (unpaired) electrons. The van der Waals surface area contributed by atoms with E-state index in [4.69, 9.17) is 15.9 Å². The molecule has 0 bridgehead atoms. The number of nitrogens with two attached hydrogens (primary N) is 1. The standard InChI is InChI=1S/C19H19N5O2/c20-17(21)15-2-1-3-16(12-15)26-11-10-24-19(25)14-6-4-13(5-7-14)18-22-8-9-23-18/h1-9,12H,10-11H2,(H3,20,21)(H,22,23)(H,24,25). The molecule has 0 saturated heterocycles. The highest BCUT2D eigenvalue weighted by Gasteiger charge is 2.06. The number of rotatable bonds is 7. The fourth-order valence-corrected chi connectivity index (χ4v) is 2.39. The van der Waals surface area contributed by atoms with Gasteiger partial charge in [0.05, 0.1) is 6.54 Å². The van der Waals surface area contributed by atoms with E-state index >= 15 is 0 Å². The van der Waals surface area contributed by atoms with Crippen LogP contribution >= 0.6 is 0 Å². The van der Waals surface area contributed by atoms with Crippen LogP contribution < -0.4 is 15.8 Å². The fourth-order valence-electron chi connectivity index (χ4n) is 2.39. The van der Waals surface area contributed by atoms with Crippen LogP contribution in [0.25, 0.3) is 11.4 Å². The van der Waals surface area contributed by atoms with Crippen LogP contribution in [0.5, 0.6) is 5.75 Å². The van der Waals surface area contributed by atoms with E-state index in [-0.39, 0.29) is 11.7 Å². The van der Waals surface area contributed by atoms with Crippen molar-refractivity contribution in [2.45, 2.75) is 0 Å². The molecular formula is C19H19N5O2. The quantitative estimate of drug-likeness (QED) is 0.297. The smallest absolute Gasteiger partial charge is 0.251 e. The molecule has 3 rings (SSSR count). The van der Waals surface area contributed by atoms with E-state index in [1.165, 1.54) is 0 Å². The van der Waals surface area contributed by atoms with E-state index in [1.807, 2.05) is 12.1 Å². The van der Waals surface area contributed by atoms with Gasteiger partial charge in [-0.3, -0.25) is 10.2 Å². The average molecular weight is 349 g/mol. The molecule has 1 aromatic heterocycles. The molecular weight excluding hydrogens is 330 g/mol. The molecule has 0 spiro atoms. The van der Waals surface area contributed by atoms with Gasteiger partial charge in [-0.1, -0.05) is 24.3 Å². The summed E-state index contributed by atoms with van der Waals surface area (Å²) < 4.78 is 5.57. The predicted octanol–water partition coefficient (Wildman–Crippen LogP) is 2.17. The molecule has 3 aromatic rings. The number of carbonyl (C=O) groups excluding carboxylic acids is 1. The van der Waals surface area contributed by atoms with Gasteiger partial charge in [-0.2, -0.15) is 0 Å². The number of ether oxygens (including phenoxy) is 1.